The van der Waals surface area contributed by atoms with Gasteiger partial charge in [0.1, 0.15) is 5.25 Å². The number of nitrogens with one attached hydrogen (secondary N) is 2. The summed E-state index contributed by atoms with van der Waals surface area (Å²) < 4.78 is 0. The van der Waals surface area contributed by atoms with Crippen LogP contribution in [0.25, 0.3) is 0 Å². The minimum absolute atomic E-state index is 0.0870. The number of hydrogen-bond donors (Lipinski definition) is 2. The van der Waals surface area contributed by atoms with Crippen LogP contribution in [-0.4, -0.2) is 35.0 Å². The molecule has 0 radical (unpaired) electrons. The fourth-order valence-corrected chi connectivity index (χ4v) is 3.53. The van der Waals surface area contributed by atoms with E-state index < -0.39 is 5.25 Å². The molecule has 0 spiro atoms. The summed E-state index contributed by atoms with van der Waals surface area (Å²) in [6, 6.07) is 18.8. The van der Waals surface area contributed by atoms with Crippen molar-refractivity contribution >= 4 is 35.0 Å². The van der Waals surface area contributed by atoms with Crippen LogP contribution in [0.1, 0.15) is 23.1 Å². The first kappa shape index (κ1) is 20.3. The molecule has 1 fully saturated rings. The van der Waals surface area contributed by atoms with Crippen LogP contribution in [0.4, 0.5) is 0 Å². The Balaban J connectivity index is 1.45. The third-order valence-electron chi connectivity index (χ3n) is 4.12. The Morgan fingerprint density at radius 3 is 2.69 bits per heavy atom. The summed E-state index contributed by atoms with van der Waals surface area (Å²) in [4.78, 5) is 24.1. The third kappa shape index (κ3) is 6.30. The zero-order chi connectivity index (χ0) is 20.5. The maximum Gasteiger partial charge on any atom is 0.240 e. The Morgan fingerprint density at radius 2 is 1.97 bits per heavy atom. The topological polar surface area (TPSA) is 107 Å². The molecule has 146 valence electrons. The number of carbonyl (C=O) groups excluding carboxylic acids is 2. The van der Waals surface area contributed by atoms with Crippen LogP contribution in [0.5, 0.6) is 0 Å². The first-order valence-electron chi connectivity index (χ1n) is 9.03. The molecule has 8 heteroatoms. The van der Waals surface area contributed by atoms with Gasteiger partial charge in [-0.15, -0.1) is 5.10 Å². The van der Waals surface area contributed by atoms with Crippen LogP contribution in [0.15, 0.2) is 64.8 Å². The highest BCUT2D eigenvalue weighted by Crippen LogP contribution is 2.22. The molecule has 1 aliphatic rings. The molecule has 1 atom stereocenters. The van der Waals surface area contributed by atoms with Gasteiger partial charge in [0.2, 0.25) is 11.8 Å². The van der Waals surface area contributed by atoms with E-state index in [-0.39, 0.29) is 18.2 Å². The van der Waals surface area contributed by atoms with Gasteiger partial charge in [-0.25, -0.2) is 0 Å². The fraction of sp³-hybridized carbons (Fsp3) is 0.190. The summed E-state index contributed by atoms with van der Waals surface area (Å²) >= 11 is 1.19. The molecule has 7 nitrogen and oxygen atoms in total. The van der Waals surface area contributed by atoms with Crippen LogP contribution >= 0.6 is 11.8 Å². The SMILES string of the molecule is N#Cc1ccc(C=N/N=C2\NC(=O)C(CC(=O)NCCc3ccccc3)S2)cc1. The van der Waals surface area contributed by atoms with Gasteiger partial charge in [0, 0.05) is 13.0 Å². The molecule has 29 heavy (non-hydrogen) atoms. The molecule has 2 amide bonds. The molecule has 2 aromatic carbocycles. The molecule has 1 unspecified atom stereocenters. The number of nitrogens with zero attached hydrogens (tertiary/aromatic N) is 3. The number of nitriles is 1. The van der Waals surface area contributed by atoms with Crippen molar-refractivity contribution in [3.63, 3.8) is 0 Å². The fourth-order valence-electron chi connectivity index (χ4n) is 2.61. The quantitative estimate of drug-likeness (QED) is 0.544. The van der Waals surface area contributed by atoms with Crippen molar-refractivity contribution in [2.75, 3.05) is 6.54 Å². The smallest absolute Gasteiger partial charge is 0.240 e. The van der Waals surface area contributed by atoms with Gasteiger partial charge < -0.3 is 10.6 Å². The van der Waals surface area contributed by atoms with Crippen molar-refractivity contribution in [2.24, 2.45) is 10.2 Å². The second-order valence-electron chi connectivity index (χ2n) is 6.27. The average Bonchev–Trinajstić information content (AvgIpc) is 3.08. The molecule has 0 aromatic heterocycles. The summed E-state index contributed by atoms with van der Waals surface area (Å²) in [6.07, 6.45) is 2.36. The lowest BCUT2D eigenvalue weighted by Gasteiger charge is -2.07. The lowest BCUT2D eigenvalue weighted by atomic mass is 10.1. The molecular formula is C21H19N5O2S. The number of amides is 2. The first-order chi connectivity index (χ1) is 14.1. The van der Waals surface area contributed by atoms with Crippen molar-refractivity contribution < 1.29 is 9.59 Å². The van der Waals surface area contributed by atoms with Crippen LogP contribution in [0.2, 0.25) is 0 Å². The second-order valence-corrected chi connectivity index (χ2v) is 7.46. The van der Waals surface area contributed by atoms with E-state index in [1.807, 2.05) is 36.4 Å². The monoisotopic (exact) mass is 405 g/mol. The Labute approximate surface area is 172 Å². The standard InChI is InChI=1S/C21H19N5O2S/c22-13-16-6-8-17(9-7-16)14-24-26-21-25-20(28)18(29-21)12-19(27)23-11-10-15-4-2-1-3-5-15/h1-9,14,18H,10-12H2,(H,23,27)(H,25,26,28). The summed E-state index contributed by atoms with van der Waals surface area (Å²) in [5.74, 6) is -0.420. The Kier molecular flexibility index (Phi) is 7.14. The molecule has 1 saturated heterocycles. The highest BCUT2D eigenvalue weighted by Gasteiger charge is 2.32. The zero-order valence-electron chi connectivity index (χ0n) is 15.5. The number of rotatable bonds is 7. The van der Waals surface area contributed by atoms with Gasteiger partial charge in [0.25, 0.3) is 0 Å². The molecule has 3 rings (SSSR count). The number of benzene rings is 2. The minimum Gasteiger partial charge on any atom is -0.356 e. The van der Waals surface area contributed by atoms with E-state index in [2.05, 4.69) is 20.8 Å². The summed E-state index contributed by atoms with van der Waals surface area (Å²) in [6.45, 7) is 0.525. The Bertz CT molecular complexity index is 965. The van der Waals surface area contributed by atoms with Crippen LogP contribution in [0, 0.1) is 11.3 Å². The van der Waals surface area contributed by atoms with Crippen molar-refractivity contribution in [1.82, 2.24) is 10.6 Å². The van der Waals surface area contributed by atoms with Gasteiger partial charge in [0.15, 0.2) is 5.17 Å². The lowest BCUT2D eigenvalue weighted by Crippen LogP contribution is -2.32. The van der Waals surface area contributed by atoms with Crippen LogP contribution in [0.3, 0.4) is 0 Å². The van der Waals surface area contributed by atoms with E-state index in [1.165, 1.54) is 18.0 Å². The van der Waals surface area contributed by atoms with E-state index >= 15 is 0 Å². The van der Waals surface area contributed by atoms with Gasteiger partial charge in [0.05, 0.1) is 17.8 Å². The predicted octanol–water partition coefficient (Wildman–Crippen LogP) is 2.23. The van der Waals surface area contributed by atoms with E-state index in [9.17, 15) is 9.59 Å². The van der Waals surface area contributed by atoms with E-state index in [1.54, 1.807) is 24.3 Å². The molecule has 0 bridgehead atoms. The number of hydrogen-bond acceptors (Lipinski definition) is 6. The molecule has 2 N–H and O–H groups in total. The molecule has 0 saturated carbocycles. The largest absolute Gasteiger partial charge is 0.356 e. The molecular weight excluding hydrogens is 386 g/mol. The highest BCUT2D eigenvalue weighted by atomic mass is 32.2. The van der Waals surface area contributed by atoms with E-state index in [0.717, 1.165) is 17.5 Å². The van der Waals surface area contributed by atoms with Crippen LogP contribution < -0.4 is 10.6 Å². The molecule has 1 aliphatic heterocycles. The Hall–Kier alpha value is -3.44. The van der Waals surface area contributed by atoms with Gasteiger partial charge in [-0.3, -0.25) is 9.59 Å². The average molecular weight is 405 g/mol. The Morgan fingerprint density at radius 1 is 1.21 bits per heavy atom. The highest BCUT2D eigenvalue weighted by molar-refractivity contribution is 8.15. The van der Waals surface area contributed by atoms with Crippen LogP contribution in [-0.2, 0) is 16.0 Å². The maximum atomic E-state index is 12.1. The predicted molar refractivity (Wildman–Crippen MR) is 113 cm³/mol. The van der Waals surface area contributed by atoms with Crippen molar-refractivity contribution in [1.29, 1.82) is 5.26 Å². The van der Waals surface area contributed by atoms with Gasteiger partial charge in [-0.1, -0.05) is 54.2 Å². The molecule has 2 aromatic rings. The molecule has 1 heterocycles. The normalized spacial score (nSPS) is 17.3. The van der Waals surface area contributed by atoms with Crippen molar-refractivity contribution in [2.45, 2.75) is 18.1 Å². The van der Waals surface area contributed by atoms with E-state index in [0.29, 0.717) is 17.3 Å². The van der Waals surface area contributed by atoms with Crippen molar-refractivity contribution in [3.8, 4) is 6.07 Å². The lowest BCUT2D eigenvalue weighted by molar-refractivity contribution is -0.125. The zero-order valence-corrected chi connectivity index (χ0v) is 16.4. The first-order valence-corrected chi connectivity index (χ1v) is 9.91. The second kappa shape index (κ2) is 10.2. The van der Waals surface area contributed by atoms with Crippen molar-refractivity contribution in [3.05, 3.63) is 71.3 Å². The minimum atomic E-state index is -0.518. The number of thioether (sulfide) groups is 1. The maximum absolute atomic E-state index is 12.1. The molecule has 0 aliphatic carbocycles. The van der Waals surface area contributed by atoms with Gasteiger partial charge >= 0.3 is 0 Å². The number of carbonyl (C=O) groups is 2. The number of amidine groups is 1. The summed E-state index contributed by atoms with van der Waals surface area (Å²) in [7, 11) is 0. The van der Waals surface area contributed by atoms with E-state index in [4.69, 9.17) is 5.26 Å². The van der Waals surface area contributed by atoms with Gasteiger partial charge in [-0.05, 0) is 29.7 Å². The summed E-state index contributed by atoms with van der Waals surface area (Å²) in [5, 5.41) is 22.0. The third-order valence-corrected chi connectivity index (χ3v) is 5.19. The summed E-state index contributed by atoms with van der Waals surface area (Å²) in [5.41, 5.74) is 2.50. The van der Waals surface area contributed by atoms with Gasteiger partial charge in [-0.2, -0.15) is 10.4 Å².